The SMILES string of the molecule is Cc1ccc2nc3c(cc(C(=O)NCCN4CCOCC4)c(N)[n+]3CCCOC(C)C)c(=O)n2c1. The van der Waals surface area contributed by atoms with Crippen LogP contribution in [0.15, 0.2) is 29.2 Å². The number of nitrogen functional groups attached to an aromatic ring is 1. The van der Waals surface area contributed by atoms with E-state index in [0.29, 0.717) is 56.0 Å². The molecule has 188 valence electrons. The molecule has 0 aromatic carbocycles. The van der Waals surface area contributed by atoms with Gasteiger partial charge in [-0.3, -0.25) is 18.9 Å². The molecule has 4 rings (SSSR count). The van der Waals surface area contributed by atoms with Crippen LogP contribution < -0.4 is 21.2 Å². The minimum atomic E-state index is -0.307. The molecule has 0 bridgehead atoms. The average Bonchev–Trinajstić information content (AvgIpc) is 2.84. The maximum absolute atomic E-state index is 13.4. The zero-order chi connectivity index (χ0) is 24.9. The molecule has 3 aromatic rings. The number of rotatable bonds is 9. The lowest BCUT2D eigenvalue weighted by Gasteiger charge is -2.26. The lowest BCUT2D eigenvalue weighted by atomic mass is 10.1. The number of pyridine rings is 2. The highest BCUT2D eigenvalue weighted by atomic mass is 16.5. The Labute approximate surface area is 204 Å². The van der Waals surface area contributed by atoms with Gasteiger partial charge in [-0.15, -0.1) is 0 Å². The lowest BCUT2D eigenvalue weighted by molar-refractivity contribution is -0.659. The summed E-state index contributed by atoms with van der Waals surface area (Å²) in [6.07, 6.45) is 2.54. The van der Waals surface area contributed by atoms with Crippen molar-refractivity contribution in [3.05, 3.63) is 45.9 Å². The number of nitrogens with zero attached hydrogens (tertiary/aromatic N) is 4. The molecule has 1 fully saturated rings. The molecular formula is C25H35N6O4+. The first kappa shape index (κ1) is 25.0. The highest BCUT2D eigenvalue weighted by Gasteiger charge is 2.24. The van der Waals surface area contributed by atoms with Crippen LogP contribution >= 0.6 is 0 Å². The Morgan fingerprint density at radius 1 is 1.31 bits per heavy atom. The molecule has 1 saturated heterocycles. The number of carbonyl (C=O) groups excluding carboxylic acids is 1. The van der Waals surface area contributed by atoms with Gasteiger partial charge in [-0.2, -0.15) is 0 Å². The molecule has 1 aliphatic heterocycles. The third kappa shape index (κ3) is 5.77. The van der Waals surface area contributed by atoms with Crippen LogP contribution in [0, 0.1) is 6.92 Å². The molecule has 3 N–H and O–H groups in total. The van der Waals surface area contributed by atoms with Gasteiger partial charge in [0.15, 0.2) is 0 Å². The van der Waals surface area contributed by atoms with Crippen molar-refractivity contribution in [2.24, 2.45) is 0 Å². The van der Waals surface area contributed by atoms with Gasteiger partial charge in [-0.1, -0.05) is 11.1 Å². The second kappa shape index (κ2) is 11.1. The van der Waals surface area contributed by atoms with E-state index in [2.05, 4.69) is 10.2 Å². The molecule has 0 aliphatic carbocycles. The molecule has 0 radical (unpaired) electrons. The van der Waals surface area contributed by atoms with E-state index >= 15 is 0 Å². The number of amides is 1. The summed E-state index contributed by atoms with van der Waals surface area (Å²) in [4.78, 5) is 33.5. The van der Waals surface area contributed by atoms with Crippen molar-refractivity contribution < 1.29 is 18.8 Å². The second-order valence-electron chi connectivity index (χ2n) is 9.17. The van der Waals surface area contributed by atoms with E-state index in [1.165, 1.54) is 4.40 Å². The van der Waals surface area contributed by atoms with Crippen LogP contribution in [0.2, 0.25) is 0 Å². The molecule has 3 aromatic heterocycles. The van der Waals surface area contributed by atoms with Crippen molar-refractivity contribution in [2.45, 2.75) is 39.8 Å². The van der Waals surface area contributed by atoms with Crippen molar-refractivity contribution >= 4 is 28.4 Å². The van der Waals surface area contributed by atoms with Gasteiger partial charge in [-0.25, -0.2) is 4.57 Å². The lowest BCUT2D eigenvalue weighted by Crippen LogP contribution is -2.44. The van der Waals surface area contributed by atoms with Crippen LogP contribution in [0.4, 0.5) is 5.82 Å². The summed E-state index contributed by atoms with van der Waals surface area (Å²) in [6.45, 7) is 11.2. The number of hydrogen-bond donors (Lipinski definition) is 2. The number of carbonyl (C=O) groups is 1. The van der Waals surface area contributed by atoms with Gasteiger partial charge in [0.25, 0.3) is 17.1 Å². The highest BCUT2D eigenvalue weighted by Crippen LogP contribution is 2.15. The standard InChI is InChI=1S/C25H34N6O4/c1-17(2)35-12-4-8-30-22(26)19(24(32)27-7-9-29-10-13-34-14-11-29)15-20-23(30)28-21-6-5-18(3)16-31(21)25(20)33/h5-6,15-17,26H,4,7-14H2,1-3H3,(H,27,32)/p+1. The molecule has 35 heavy (non-hydrogen) atoms. The summed E-state index contributed by atoms with van der Waals surface area (Å²) in [6, 6.07) is 5.29. The summed E-state index contributed by atoms with van der Waals surface area (Å²) in [5.74, 6) is -0.0205. The maximum atomic E-state index is 13.4. The molecule has 4 heterocycles. The minimum absolute atomic E-state index is 0.118. The third-order valence-electron chi connectivity index (χ3n) is 6.14. The van der Waals surface area contributed by atoms with Crippen molar-refractivity contribution in [1.29, 1.82) is 0 Å². The van der Waals surface area contributed by atoms with E-state index in [1.807, 2.05) is 32.9 Å². The monoisotopic (exact) mass is 483 g/mol. The number of morpholine rings is 1. The molecule has 0 atom stereocenters. The number of ether oxygens (including phenoxy) is 2. The molecule has 1 aliphatic rings. The quantitative estimate of drug-likeness (QED) is 0.264. The predicted molar refractivity (Wildman–Crippen MR) is 134 cm³/mol. The summed E-state index contributed by atoms with van der Waals surface area (Å²) < 4.78 is 14.3. The van der Waals surface area contributed by atoms with Crippen LogP contribution in [-0.2, 0) is 16.0 Å². The van der Waals surface area contributed by atoms with Gasteiger partial charge in [0.1, 0.15) is 10.9 Å². The molecule has 0 saturated carbocycles. The summed E-state index contributed by atoms with van der Waals surface area (Å²) in [7, 11) is 0. The molecule has 1 amide bonds. The number of nitrogens with two attached hydrogens (primary N) is 1. The second-order valence-corrected chi connectivity index (χ2v) is 9.17. The van der Waals surface area contributed by atoms with Crippen molar-refractivity contribution in [3.63, 3.8) is 0 Å². The smallest absolute Gasteiger partial charge is 0.278 e. The highest BCUT2D eigenvalue weighted by molar-refractivity contribution is 6.00. The zero-order valence-corrected chi connectivity index (χ0v) is 20.7. The minimum Gasteiger partial charge on any atom is -0.379 e. The Kier molecular flexibility index (Phi) is 7.94. The number of hydrogen-bond acceptors (Lipinski definition) is 7. The Morgan fingerprint density at radius 3 is 2.83 bits per heavy atom. The molecule has 0 spiro atoms. The fourth-order valence-corrected chi connectivity index (χ4v) is 4.25. The molecule has 10 nitrogen and oxygen atoms in total. The largest absolute Gasteiger partial charge is 0.379 e. The van der Waals surface area contributed by atoms with Crippen LogP contribution in [0.5, 0.6) is 0 Å². The Morgan fingerprint density at radius 2 is 2.09 bits per heavy atom. The number of aromatic nitrogens is 3. The van der Waals surface area contributed by atoms with Gasteiger partial charge in [0.2, 0.25) is 11.5 Å². The summed E-state index contributed by atoms with van der Waals surface area (Å²) >= 11 is 0. The van der Waals surface area contributed by atoms with Crippen molar-refractivity contribution in [1.82, 2.24) is 19.6 Å². The van der Waals surface area contributed by atoms with Gasteiger partial charge in [0, 0.05) is 45.4 Å². The zero-order valence-electron chi connectivity index (χ0n) is 20.7. The Hall–Kier alpha value is -3.08. The summed E-state index contributed by atoms with van der Waals surface area (Å²) in [5, 5.41) is 3.31. The van der Waals surface area contributed by atoms with E-state index in [4.69, 9.17) is 20.2 Å². The maximum Gasteiger partial charge on any atom is 0.278 e. The molecule has 10 heteroatoms. The van der Waals surface area contributed by atoms with E-state index < -0.39 is 0 Å². The topological polar surface area (TPSA) is 115 Å². The Bertz CT molecular complexity index is 1270. The average molecular weight is 484 g/mol. The fraction of sp³-hybridized carbons (Fsp3) is 0.520. The van der Waals surface area contributed by atoms with Crippen LogP contribution in [0.25, 0.3) is 16.7 Å². The van der Waals surface area contributed by atoms with Gasteiger partial charge in [-0.05, 0) is 38.5 Å². The molecular weight excluding hydrogens is 448 g/mol. The number of nitrogens with one attached hydrogen (secondary N) is 1. The normalized spacial score (nSPS) is 14.7. The summed E-state index contributed by atoms with van der Waals surface area (Å²) in [5.41, 5.74) is 8.49. The van der Waals surface area contributed by atoms with E-state index in [1.54, 1.807) is 16.8 Å². The molecule has 0 unspecified atom stereocenters. The fourth-order valence-electron chi connectivity index (χ4n) is 4.25. The third-order valence-corrected chi connectivity index (χ3v) is 6.14. The first-order valence-electron chi connectivity index (χ1n) is 12.2. The van der Waals surface area contributed by atoms with E-state index in [-0.39, 0.29) is 29.0 Å². The van der Waals surface area contributed by atoms with Crippen molar-refractivity contribution in [3.8, 4) is 0 Å². The number of fused-ring (bicyclic) bond motifs is 2. The van der Waals surface area contributed by atoms with Crippen LogP contribution in [0.1, 0.15) is 36.2 Å². The first-order valence-corrected chi connectivity index (χ1v) is 12.2. The van der Waals surface area contributed by atoms with Crippen molar-refractivity contribution in [2.75, 3.05) is 51.7 Å². The van der Waals surface area contributed by atoms with E-state index in [9.17, 15) is 9.59 Å². The van der Waals surface area contributed by atoms with Gasteiger partial charge >= 0.3 is 0 Å². The van der Waals surface area contributed by atoms with E-state index in [0.717, 1.165) is 25.2 Å². The predicted octanol–water partition coefficient (Wildman–Crippen LogP) is 0.903. The van der Waals surface area contributed by atoms with Gasteiger partial charge in [0.05, 0.1) is 25.9 Å². The van der Waals surface area contributed by atoms with Crippen LogP contribution in [0.3, 0.4) is 0 Å². The number of anilines is 1. The number of aryl methyl sites for hydroxylation is 2. The van der Waals surface area contributed by atoms with Gasteiger partial charge < -0.3 is 20.5 Å². The first-order chi connectivity index (χ1) is 16.8. The van der Waals surface area contributed by atoms with Crippen LogP contribution in [-0.4, -0.2) is 72.3 Å². The Balaban J connectivity index is 1.68.